The molecule has 0 saturated heterocycles. The van der Waals surface area contributed by atoms with Crippen molar-refractivity contribution >= 4 is 11.0 Å². The van der Waals surface area contributed by atoms with Gasteiger partial charge in [0.25, 0.3) is 0 Å². The van der Waals surface area contributed by atoms with E-state index in [-0.39, 0.29) is 0 Å². The minimum Gasteiger partial charge on any atom is -0.497 e. The highest BCUT2D eigenvalue weighted by Crippen LogP contribution is 2.50. The second kappa shape index (κ2) is 5.81. The smallest absolute Gasteiger partial charge is 0.208 e. The van der Waals surface area contributed by atoms with Crippen LogP contribution < -0.4 is 23.7 Å². The number of methoxy groups -OCH3 is 4. The maximum atomic E-state index is 6.17. The molecule has 0 aliphatic carbocycles. The van der Waals surface area contributed by atoms with E-state index >= 15 is 0 Å². The number of rotatable bonds is 4. The van der Waals surface area contributed by atoms with Gasteiger partial charge in [-0.15, -0.1) is 0 Å². The highest BCUT2D eigenvalue weighted by atomic mass is 16.5. The third kappa shape index (κ3) is 2.17. The van der Waals surface area contributed by atoms with E-state index in [9.17, 15) is 0 Å². The van der Waals surface area contributed by atoms with Crippen LogP contribution in [0.25, 0.3) is 22.3 Å². The molecule has 4 rings (SSSR count). The zero-order valence-electron chi connectivity index (χ0n) is 14.5. The fourth-order valence-corrected chi connectivity index (χ4v) is 3.19. The van der Waals surface area contributed by atoms with E-state index in [1.165, 1.54) is 0 Å². The lowest BCUT2D eigenvalue weighted by Gasteiger charge is -2.17. The highest BCUT2D eigenvalue weighted by molar-refractivity contribution is 5.96. The Morgan fingerprint density at radius 3 is 2.36 bits per heavy atom. The summed E-state index contributed by atoms with van der Waals surface area (Å²) in [4.78, 5) is 0. The molecule has 0 amide bonds. The monoisotopic (exact) mass is 342 g/mol. The Hall–Kier alpha value is -3.02. The molecule has 0 spiro atoms. The van der Waals surface area contributed by atoms with Gasteiger partial charge < -0.3 is 28.1 Å². The van der Waals surface area contributed by atoms with Gasteiger partial charge in [0, 0.05) is 17.0 Å². The van der Waals surface area contributed by atoms with Crippen molar-refractivity contribution in [3.05, 3.63) is 29.8 Å². The zero-order valence-corrected chi connectivity index (χ0v) is 14.5. The number of hydrogen-bond donors (Lipinski definition) is 0. The second-order valence-electron chi connectivity index (χ2n) is 5.58. The van der Waals surface area contributed by atoms with Gasteiger partial charge in [-0.05, 0) is 18.2 Å². The van der Waals surface area contributed by atoms with E-state index in [4.69, 9.17) is 28.1 Å². The van der Waals surface area contributed by atoms with Crippen LogP contribution in [0, 0.1) is 0 Å². The normalized spacial score (nSPS) is 12.2. The summed E-state index contributed by atoms with van der Waals surface area (Å²) in [7, 11) is 6.36. The molecule has 0 radical (unpaired) electrons. The quantitative estimate of drug-likeness (QED) is 0.713. The summed E-state index contributed by atoms with van der Waals surface area (Å²) in [5.74, 6) is 3.80. The van der Waals surface area contributed by atoms with Crippen LogP contribution >= 0.6 is 0 Å². The summed E-state index contributed by atoms with van der Waals surface area (Å²) >= 11 is 0. The molecule has 0 bridgehead atoms. The van der Waals surface area contributed by atoms with Gasteiger partial charge >= 0.3 is 0 Å². The van der Waals surface area contributed by atoms with Crippen LogP contribution in [0.1, 0.15) is 5.56 Å². The molecule has 0 atom stereocenters. The van der Waals surface area contributed by atoms with Crippen molar-refractivity contribution in [2.24, 2.45) is 0 Å². The van der Waals surface area contributed by atoms with Crippen molar-refractivity contribution in [3.63, 3.8) is 0 Å². The van der Waals surface area contributed by atoms with Crippen molar-refractivity contribution in [3.8, 4) is 40.1 Å². The number of hydrogen-bond acceptors (Lipinski definition) is 6. The van der Waals surface area contributed by atoms with E-state index < -0.39 is 0 Å². The van der Waals surface area contributed by atoms with E-state index in [1.807, 2.05) is 24.3 Å². The standard InChI is InChI=1S/C19H18O6/c1-20-10-5-6-11-14(7-10)24-9-13-12-8-15(21-2)18(22-3)19(23-4)17(12)25-16(11)13/h5-8H,9H2,1-4H3. The average molecular weight is 342 g/mol. The Morgan fingerprint density at radius 1 is 0.880 bits per heavy atom. The van der Waals surface area contributed by atoms with Gasteiger partial charge in [0.05, 0.1) is 34.0 Å². The maximum absolute atomic E-state index is 6.17. The first-order valence-electron chi connectivity index (χ1n) is 7.77. The van der Waals surface area contributed by atoms with Gasteiger partial charge in [-0.3, -0.25) is 0 Å². The van der Waals surface area contributed by atoms with Gasteiger partial charge in [-0.2, -0.15) is 0 Å². The summed E-state index contributed by atoms with van der Waals surface area (Å²) in [5.41, 5.74) is 2.43. The average Bonchev–Trinajstić information content (AvgIpc) is 3.04. The van der Waals surface area contributed by atoms with Gasteiger partial charge in [0.15, 0.2) is 11.3 Å². The molecule has 25 heavy (non-hydrogen) atoms. The molecule has 130 valence electrons. The van der Waals surface area contributed by atoms with Crippen LogP contribution in [0.5, 0.6) is 28.7 Å². The fraction of sp³-hybridized carbons (Fsp3) is 0.263. The lowest BCUT2D eigenvalue weighted by molar-refractivity contribution is 0.297. The maximum Gasteiger partial charge on any atom is 0.208 e. The van der Waals surface area contributed by atoms with Crippen molar-refractivity contribution in [2.75, 3.05) is 28.4 Å². The van der Waals surface area contributed by atoms with E-state index in [0.29, 0.717) is 29.4 Å². The summed E-state index contributed by atoms with van der Waals surface area (Å²) in [6, 6.07) is 7.54. The van der Waals surface area contributed by atoms with Crippen molar-refractivity contribution in [1.82, 2.24) is 0 Å². The first-order valence-corrected chi connectivity index (χ1v) is 7.77. The third-order valence-corrected chi connectivity index (χ3v) is 4.39. The Bertz CT molecular complexity index is 956. The van der Waals surface area contributed by atoms with E-state index in [2.05, 4.69) is 0 Å². The third-order valence-electron chi connectivity index (χ3n) is 4.39. The number of furan rings is 1. The van der Waals surface area contributed by atoms with Crippen LogP contribution in [0.2, 0.25) is 0 Å². The molecule has 0 saturated carbocycles. The molecule has 1 aliphatic rings. The first-order chi connectivity index (χ1) is 12.2. The Balaban J connectivity index is 2.01. The minimum absolute atomic E-state index is 0.390. The van der Waals surface area contributed by atoms with Crippen LogP contribution in [0.4, 0.5) is 0 Å². The minimum atomic E-state index is 0.390. The molecule has 2 heterocycles. The van der Waals surface area contributed by atoms with Crippen LogP contribution in [-0.4, -0.2) is 28.4 Å². The van der Waals surface area contributed by atoms with Gasteiger partial charge in [-0.25, -0.2) is 0 Å². The predicted octanol–water partition coefficient (Wildman–Crippen LogP) is 4.03. The molecule has 0 N–H and O–H groups in total. The SMILES string of the molecule is COc1ccc2c(c1)OCc1c-2oc2c(OC)c(OC)c(OC)cc12. The van der Waals surface area contributed by atoms with Crippen LogP contribution in [0.3, 0.4) is 0 Å². The first kappa shape index (κ1) is 15.5. The van der Waals surface area contributed by atoms with Gasteiger partial charge in [-0.1, -0.05) is 0 Å². The molecule has 6 nitrogen and oxygen atoms in total. The molecular weight excluding hydrogens is 324 g/mol. The second-order valence-corrected chi connectivity index (χ2v) is 5.58. The van der Waals surface area contributed by atoms with Crippen LogP contribution in [0.15, 0.2) is 28.7 Å². The molecule has 0 unspecified atom stereocenters. The topological polar surface area (TPSA) is 59.3 Å². The summed E-state index contributed by atoms with van der Waals surface area (Å²) in [6.45, 7) is 0.390. The number of ether oxygens (including phenoxy) is 5. The number of benzene rings is 2. The molecule has 1 aromatic heterocycles. The lowest BCUT2D eigenvalue weighted by atomic mass is 10.0. The molecule has 3 aromatic rings. The summed E-state index contributed by atoms with van der Waals surface area (Å²) in [6.07, 6.45) is 0. The Kier molecular flexibility index (Phi) is 3.60. The van der Waals surface area contributed by atoms with Crippen molar-refractivity contribution < 1.29 is 28.1 Å². The van der Waals surface area contributed by atoms with Crippen molar-refractivity contribution in [1.29, 1.82) is 0 Å². The van der Waals surface area contributed by atoms with Gasteiger partial charge in [0.2, 0.25) is 11.5 Å². The van der Waals surface area contributed by atoms with Crippen LogP contribution in [-0.2, 0) is 6.61 Å². The zero-order chi connectivity index (χ0) is 17.6. The molecule has 0 fully saturated rings. The molecular formula is C19H18O6. The molecule has 6 heteroatoms. The Morgan fingerprint density at radius 2 is 1.68 bits per heavy atom. The predicted molar refractivity (Wildman–Crippen MR) is 92.2 cm³/mol. The molecule has 2 aromatic carbocycles. The van der Waals surface area contributed by atoms with Crippen molar-refractivity contribution in [2.45, 2.75) is 6.61 Å². The lowest BCUT2D eigenvalue weighted by Crippen LogP contribution is -2.04. The highest BCUT2D eigenvalue weighted by Gasteiger charge is 2.29. The molecule has 1 aliphatic heterocycles. The summed E-state index contributed by atoms with van der Waals surface area (Å²) in [5, 5.41) is 0.881. The van der Waals surface area contributed by atoms with Gasteiger partial charge in [0.1, 0.15) is 23.9 Å². The fourth-order valence-electron chi connectivity index (χ4n) is 3.19. The number of fused-ring (bicyclic) bond motifs is 5. The van der Waals surface area contributed by atoms with E-state index in [1.54, 1.807) is 28.4 Å². The largest absolute Gasteiger partial charge is 0.497 e. The van der Waals surface area contributed by atoms with E-state index in [0.717, 1.165) is 33.8 Å². The summed E-state index contributed by atoms with van der Waals surface area (Å²) < 4.78 is 33.8. The Labute approximate surface area is 144 Å².